The summed E-state index contributed by atoms with van der Waals surface area (Å²) in [6.07, 6.45) is 4.82. The zero-order valence-electron chi connectivity index (χ0n) is 16.1. The Bertz CT molecular complexity index is 636. The Labute approximate surface area is 155 Å². The van der Waals surface area contributed by atoms with Gasteiger partial charge in [0, 0.05) is 5.41 Å². The second kappa shape index (κ2) is 6.47. The Morgan fingerprint density at radius 2 is 2.00 bits per heavy atom. The van der Waals surface area contributed by atoms with E-state index in [1.807, 2.05) is 19.9 Å². The third-order valence-corrected chi connectivity index (χ3v) is 7.86. The van der Waals surface area contributed by atoms with E-state index >= 15 is 0 Å². The Morgan fingerprint density at radius 3 is 2.58 bits per heavy atom. The number of hydrogen-bond acceptors (Lipinski definition) is 5. The molecule has 1 saturated heterocycles. The molecule has 5 nitrogen and oxygen atoms in total. The van der Waals surface area contributed by atoms with Gasteiger partial charge < -0.3 is 20.1 Å². The molecule has 0 bridgehead atoms. The molecule has 2 saturated carbocycles. The second-order valence-corrected chi connectivity index (χ2v) is 9.17. The Balaban J connectivity index is 1.92. The summed E-state index contributed by atoms with van der Waals surface area (Å²) < 4.78 is 4.91. The normalized spacial score (nSPS) is 47.8. The van der Waals surface area contributed by atoms with Crippen LogP contribution in [0, 0.1) is 22.7 Å². The second-order valence-electron chi connectivity index (χ2n) is 9.17. The molecule has 0 spiro atoms. The van der Waals surface area contributed by atoms with E-state index in [1.54, 1.807) is 0 Å². The van der Waals surface area contributed by atoms with Crippen molar-refractivity contribution < 1.29 is 24.9 Å². The monoisotopic (exact) mass is 364 g/mol. The van der Waals surface area contributed by atoms with Gasteiger partial charge in [0.2, 0.25) is 0 Å². The van der Waals surface area contributed by atoms with E-state index in [0.717, 1.165) is 24.8 Å². The zero-order valence-corrected chi connectivity index (χ0v) is 16.1. The standard InChI is InChI=1S/C21H32O5/c1-13-5-8-17-19(2,9-10-21(4,25)20(17,3)12-22)15(13)7-6-14-16(23)11-26-18(14)24/h6,15-17,22-23,25H,1,5,7-12H2,2-4H3/b14-6+/t15-,16-,17?,19+,20+,21+/m1/s1. The molecular weight excluding hydrogens is 332 g/mol. The molecule has 1 aliphatic heterocycles. The van der Waals surface area contributed by atoms with Crippen molar-refractivity contribution in [3.05, 3.63) is 23.8 Å². The number of carbonyl (C=O) groups excluding carboxylic acids is 1. The Kier molecular flexibility index (Phi) is 4.87. The van der Waals surface area contributed by atoms with Crippen LogP contribution in [0.5, 0.6) is 0 Å². The van der Waals surface area contributed by atoms with Gasteiger partial charge in [0.05, 0.1) is 17.8 Å². The van der Waals surface area contributed by atoms with E-state index in [-0.39, 0.29) is 30.5 Å². The molecule has 3 rings (SSSR count). The summed E-state index contributed by atoms with van der Waals surface area (Å²) in [5, 5.41) is 31.1. The quantitative estimate of drug-likeness (QED) is 0.406. The maximum atomic E-state index is 11.8. The minimum absolute atomic E-state index is 0.0294. The Morgan fingerprint density at radius 1 is 1.31 bits per heavy atom. The van der Waals surface area contributed by atoms with Crippen molar-refractivity contribution in [1.29, 1.82) is 0 Å². The van der Waals surface area contributed by atoms with Crippen LogP contribution in [0.1, 0.15) is 52.9 Å². The molecule has 0 radical (unpaired) electrons. The van der Waals surface area contributed by atoms with E-state index in [4.69, 9.17) is 4.74 Å². The molecule has 0 aromatic rings. The summed E-state index contributed by atoms with van der Waals surface area (Å²) in [5.74, 6) is -0.123. The maximum absolute atomic E-state index is 11.8. The van der Waals surface area contributed by atoms with E-state index in [0.29, 0.717) is 18.4 Å². The highest BCUT2D eigenvalue weighted by Crippen LogP contribution is 2.64. The fourth-order valence-corrected chi connectivity index (χ4v) is 5.76. The zero-order chi connectivity index (χ0) is 19.3. The third kappa shape index (κ3) is 2.76. The number of ether oxygens (including phenoxy) is 1. The van der Waals surface area contributed by atoms with Crippen molar-refractivity contribution in [3.63, 3.8) is 0 Å². The van der Waals surface area contributed by atoms with Gasteiger partial charge >= 0.3 is 5.97 Å². The minimum Gasteiger partial charge on any atom is -0.459 e. The van der Waals surface area contributed by atoms with Crippen LogP contribution < -0.4 is 0 Å². The average molecular weight is 364 g/mol. The van der Waals surface area contributed by atoms with Gasteiger partial charge in [-0.05, 0) is 56.3 Å². The molecule has 26 heavy (non-hydrogen) atoms. The van der Waals surface area contributed by atoms with Crippen molar-refractivity contribution in [3.8, 4) is 0 Å². The van der Waals surface area contributed by atoms with Crippen LogP contribution in [0.25, 0.3) is 0 Å². The lowest BCUT2D eigenvalue weighted by Gasteiger charge is -2.63. The molecule has 3 aliphatic rings. The predicted octanol–water partition coefficient (Wildman–Crippen LogP) is 2.35. The van der Waals surface area contributed by atoms with Crippen LogP contribution in [0.3, 0.4) is 0 Å². The number of carbonyl (C=O) groups is 1. The number of aliphatic hydroxyl groups excluding tert-OH is 2. The van der Waals surface area contributed by atoms with Crippen LogP contribution in [0.15, 0.2) is 23.8 Å². The molecule has 1 unspecified atom stereocenters. The van der Waals surface area contributed by atoms with Gasteiger partial charge in [0.15, 0.2) is 0 Å². The summed E-state index contributed by atoms with van der Waals surface area (Å²) >= 11 is 0. The first-order valence-corrected chi connectivity index (χ1v) is 9.63. The number of hydrogen-bond donors (Lipinski definition) is 3. The van der Waals surface area contributed by atoms with Gasteiger partial charge in [-0.2, -0.15) is 0 Å². The number of fused-ring (bicyclic) bond motifs is 1. The van der Waals surface area contributed by atoms with Crippen LogP contribution in [-0.4, -0.2) is 46.2 Å². The number of aliphatic hydroxyl groups is 3. The minimum atomic E-state index is -0.904. The largest absolute Gasteiger partial charge is 0.459 e. The van der Waals surface area contributed by atoms with Crippen molar-refractivity contribution in [2.75, 3.05) is 13.2 Å². The van der Waals surface area contributed by atoms with E-state index in [1.165, 1.54) is 0 Å². The van der Waals surface area contributed by atoms with Gasteiger partial charge in [-0.1, -0.05) is 32.1 Å². The Hall–Kier alpha value is -1.17. The van der Waals surface area contributed by atoms with E-state index in [2.05, 4.69) is 13.5 Å². The first-order chi connectivity index (χ1) is 12.1. The summed E-state index contributed by atoms with van der Waals surface area (Å²) in [6.45, 7) is 10.3. The molecule has 1 heterocycles. The maximum Gasteiger partial charge on any atom is 0.336 e. The van der Waals surface area contributed by atoms with E-state index in [9.17, 15) is 20.1 Å². The van der Waals surface area contributed by atoms with Crippen LogP contribution in [0.4, 0.5) is 0 Å². The highest BCUT2D eigenvalue weighted by atomic mass is 16.6. The van der Waals surface area contributed by atoms with Crippen molar-refractivity contribution >= 4 is 5.97 Å². The predicted molar refractivity (Wildman–Crippen MR) is 98.2 cm³/mol. The molecular formula is C21H32O5. The first-order valence-electron chi connectivity index (χ1n) is 9.63. The van der Waals surface area contributed by atoms with Crippen LogP contribution in [0.2, 0.25) is 0 Å². The summed E-state index contributed by atoms with van der Waals surface area (Å²) in [5.41, 5.74) is -0.0872. The fraction of sp³-hybridized carbons (Fsp3) is 0.762. The lowest BCUT2D eigenvalue weighted by molar-refractivity contribution is -0.201. The number of esters is 1. The lowest BCUT2D eigenvalue weighted by atomic mass is 9.43. The van der Waals surface area contributed by atoms with Crippen LogP contribution >= 0.6 is 0 Å². The van der Waals surface area contributed by atoms with Gasteiger partial charge in [-0.25, -0.2) is 4.79 Å². The smallest absolute Gasteiger partial charge is 0.336 e. The van der Waals surface area contributed by atoms with Crippen molar-refractivity contribution in [2.24, 2.45) is 22.7 Å². The molecule has 0 amide bonds. The van der Waals surface area contributed by atoms with Crippen molar-refractivity contribution in [1.82, 2.24) is 0 Å². The fourth-order valence-electron chi connectivity index (χ4n) is 5.76. The molecule has 0 aromatic heterocycles. The highest BCUT2D eigenvalue weighted by molar-refractivity contribution is 5.91. The van der Waals surface area contributed by atoms with Crippen LogP contribution in [-0.2, 0) is 9.53 Å². The SMILES string of the molecule is C=C1CCC2[C@](C)(CO)[C@@](C)(O)CC[C@@]2(C)[C@@H]1C/C=C1/C(=O)OC[C@H]1O. The topological polar surface area (TPSA) is 87.0 Å². The van der Waals surface area contributed by atoms with Crippen molar-refractivity contribution in [2.45, 2.75) is 64.6 Å². The molecule has 3 fully saturated rings. The molecule has 3 N–H and O–H groups in total. The third-order valence-electron chi connectivity index (χ3n) is 7.86. The first kappa shape index (κ1) is 19.6. The number of cyclic esters (lactones) is 1. The van der Waals surface area contributed by atoms with Gasteiger partial charge in [-0.15, -0.1) is 0 Å². The molecule has 5 heteroatoms. The number of allylic oxidation sites excluding steroid dienone is 2. The molecule has 146 valence electrons. The van der Waals surface area contributed by atoms with Gasteiger partial charge in [0.25, 0.3) is 0 Å². The number of rotatable bonds is 3. The summed E-state index contributed by atoms with van der Waals surface area (Å²) in [6, 6.07) is 0. The average Bonchev–Trinajstić information content (AvgIpc) is 2.90. The highest BCUT2D eigenvalue weighted by Gasteiger charge is 2.61. The summed E-state index contributed by atoms with van der Waals surface area (Å²) in [4.78, 5) is 11.8. The lowest BCUT2D eigenvalue weighted by Crippen LogP contribution is -2.62. The van der Waals surface area contributed by atoms with E-state index < -0.39 is 23.1 Å². The van der Waals surface area contributed by atoms with Gasteiger partial charge in [0.1, 0.15) is 12.7 Å². The molecule has 2 aliphatic carbocycles. The molecule has 6 atom stereocenters. The summed E-state index contributed by atoms with van der Waals surface area (Å²) in [7, 11) is 0. The van der Waals surface area contributed by atoms with Gasteiger partial charge in [-0.3, -0.25) is 0 Å². The molecule has 0 aromatic carbocycles.